The van der Waals surface area contributed by atoms with Crippen molar-refractivity contribution in [1.29, 1.82) is 0 Å². The Balaban J connectivity index is 1.45. The summed E-state index contributed by atoms with van der Waals surface area (Å²) >= 11 is 0. The van der Waals surface area contributed by atoms with Crippen molar-refractivity contribution < 1.29 is 59.5 Å². The van der Waals surface area contributed by atoms with Gasteiger partial charge in [0.1, 0.15) is 41.7 Å². The van der Waals surface area contributed by atoms with Crippen molar-refractivity contribution in [2.24, 2.45) is 0 Å². The van der Waals surface area contributed by atoms with E-state index in [1.807, 2.05) is 6.07 Å². The second-order valence-corrected chi connectivity index (χ2v) is 9.96. The normalized spacial score (nSPS) is 27.3. The Kier molecular flexibility index (Phi) is 8.52. The van der Waals surface area contributed by atoms with Crippen LogP contribution in [0.25, 0.3) is 6.08 Å². The van der Waals surface area contributed by atoms with Crippen molar-refractivity contribution in [3.05, 3.63) is 83.4 Å². The summed E-state index contributed by atoms with van der Waals surface area (Å²) in [6.45, 7) is -0.689. The molecular weight excluding hydrogens is 552 g/mol. The van der Waals surface area contributed by atoms with Crippen LogP contribution in [0.5, 0.6) is 28.7 Å². The molecule has 2 aliphatic rings. The van der Waals surface area contributed by atoms with Gasteiger partial charge in [-0.15, -0.1) is 0 Å². The number of hydrogen-bond acceptors (Lipinski definition) is 12. The van der Waals surface area contributed by atoms with Gasteiger partial charge in [0, 0.05) is 30.2 Å². The zero-order valence-corrected chi connectivity index (χ0v) is 22.1. The minimum Gasteiger partial charge on any atom is -0.508 e. The number of aliphatic hydroxyl groups is 3. The van der Waals surface area contributed by atoms with Crippen LogP contribution in [0.15, 0.2) is 66.7 Å². The molecule has 3 aromatic carbocycles. The molecule has 7 unspecified atom stereocenters. The molecule has 3 aromatic rings. The van der Waals surface area contributed by atoms with E-state index in [4.69, 9.17) is 18.9 Å². The lowest BCUT2D eigenvalue weighted by molar-refractivity contribution is -0.318. The fourth-order valence-electron chi connectivity index (χ4n) is 4.93. The van der Waals surface area contributed by atoms with Gasteiger partial charge < -0.3 is 54.7 Å². The summed E-state index contributed by atoms with van der Waals surface area (Å²) in [6.07, 6.45) is -7.18. The minimum atomic E-state index is -1.71. The van der Waals surface area contributed by atoms with Gasteiger partial charge in [0.25, 0.3) is 0 Å². The third-order valence-electron chi connectivity index (χ3n) is 7.09. The smallest absolute Gasteiger partial charge is 0.331 e. The van der Waals surface area contributed by atoms with E-state index in [0.29, 0.717) is 11.1 Å². The Morgan fingerprint density at radius 3 is 2.40 bits per heavy atom. The van der Waals surface area contributed by atoms with Crippen LogP contribution in [0, 0.1) is 0 Å². The molecule has 12 heteroatoms. The number of esters is 1. The highest BCUT2D eigenvalue weighted by atomic mass is 16.7. The zero-order chi connectivity index (χ0) is 30.0. The summed E-state index contributed by atoms with van der Waals surface area (Å²) in [6, 6.07) is 15.3. The molecule has 0 aromatic heterocycles. The van der Waals surface area contributed by atoms with E-state index < -0.39 is 61.2 Å². The molecule has 5 rings (SSSR count). The summed E-state index contributed by atoms with van der Waals surface area (Å²) in [5.74, 6) is -2.10. The van der Waals surface area contributed by atoms with Crippen LogP contribution in [0.4, 0.5) is 0 Å². The molecule has 1 saturated heterocycles. The molecule has 2 aliphatic heterocycles. The zero-order valence-electron chi connectivity index (χ0n) is 22.1. The molecule has 7 N–H and O–H groups in total. The van der Waals surface area contributed by atoms with Gasteiger partial charge in [-0.05, 0) is 29.3 Å². The first-order valence-electron chi connectivity index (χ1n) is 13.1. The summed E-state index contributed by atoms with van der Waals surface area (Å²) in [5, 5.41) is 71.5. The van der Waals surface area contributed by atoms with Gasteiger partial charge in [-0.2, -0.15) is 0 Å². The number of phenols is 4. The molecule has 2 heterocycles. The quantitative estimate of drug-likeness (QED) is 0.121. The molecule has 222 valence electrons. The maximum Gasteiger partial charge on any atom is 0.331 e. The number of phenolic OH excluding ortho intramolecular Hbond substituents is 4. The van der Waals surface area contributed by atoms with Gasteiger partial charge in [0.15, 0.2) is 30.0 Å². The average Bonchev–Trinajstić information content (AvgIpc) is 2.97. The minimum absolute atomic E-state index is 0.0371. The van der Waals surface area contributed by atoms with E-state index in [1.54, 1.807) is 24.3 Å². The number of carbonyl (C=O) groups is 1. The topological polar surface area (TPSA) is 196 Å². The molecule has 7 atom stereocenters. The maximum atomic E-state index is 12.7. The number of hydrogen-bond donors (Lipinski definition) is 7. The predicted octanol–water partition coefficient (Wildman–Crippen LogP) is 1.63. The Hall–Kier alpha value is -4.33. The highest BCUT2D eigenvalue weighted by Crippen LogP contribution is 2.44. The maximum absolute atomic E-state index is 12.7. The Morgan fingerprint density at radius 2 is 1.69 bits per heavy atom. The van der Waals surface area contributed by atoms with Crippen LogP contribution in [0.3, 0.4) is 0 Å². The lowest BCUT2D eigenvalue weighted by Gasteiger charge is -2.44. The molecule has 12 nitrogen and oxygen atoms in total. The van der Waals surface area contributed by atoms with E-state index in [2.05, 4.69) is 0 Å². The Labute approximate surface area is 239 Å². The van der Waals surface area contributed by atoms with Crippen molar-refractivity contribution in [2.75, 3.05) is 6.61 Å². The fourth-order valence-corrected chi connectivity index (χ4v) is 4.93. The molecule has 42 heavy (non-hydrogen) atoms. The number of carbonyl (C=O) groups excluding carboxylic acids is 1. The van der Waals surface area contributed by atoms with Crippen LogP contribution < -0.4 is 4.74 Å². The lowest BCUT2D eigenvalue weighted by atomic mass is 9.93. The van der Waals surface area contributed by atoms with E-state index in [0.717, 1.165) is 12.1 Å². The molecule has 1 fully saturated rings. The SMILES string of the molecule is O=C(C=Cc1ccccc1)OC1C(OC2Cc3c(O)cc(O)cc3OC2c2ccc(O)c(O)c2)OC(CO)C(O)C1O. The van der Waals surface area contributed by atoms with Gasteiger partial charge in [-0.1, -0.05) is 36.4 Å². The Bertz CT molecular complexity index is 1440. The van der Waals surface area contributed by atoms with E-state index in [-0.39, 0.29) is 35.0 Å². The average molecular weight is 583 g/mol. The van der Waals surface area contributed by atoms with E-state index >= 15 is 0 Å². The number of fused-ring (bicyclic) bond motifs is 1. The summed E-state index contributed by atoms with van der Waals surface area (Å²) in [4.78, 5) is 12.7. The van der Waals surface area contributed by atoms with Crippen LogP contribution in [-0.2, 0) is 25.4 Å². The lowest BCUT2D eigenvalue weighted by Crippen LogP contribution is -2.61. The van der Waals surface area contributed by atoms with Gasteiger partial charge in [-0.25, -0.2) is 4.79 Å². The second kappa shape index (κ2) is 12.3. The molecule has 0 saturated carbocycles. The van der Waals surface area contributed by atoms with Gasteiger partial charge in [-0.3, -0.25) is 0 Å². The van der Waals surface area contributed by atoms with Crippen LogP contribution >= 0.6 is 0 Å². The fraction of sp³-hybridized carbons (Fsp3) is 0.300. The largest absolute Gasteiger partial charge is 0.508 e. The number of aliphatic hydroxyl groups excluding tert-OH is 3. The summed E-state index contributed by atoms with van der Waals surface area (Å²) in [7, 11) is 0. The molecule has 0 aliphatic carbocycles. The first kappa shape index (κ1) is 29.2. The molecule has 0 radical (unpaired) electrons. The number of ether oxygens (including phenoxy) is 4. The molecule has 0 amide bonds. The monoisotopic (exact) mass is 582 g/mol. The van der Waals surface area contributed by atoms with Crippen LogP contribution in [-0.4, -0.2) is 85.1 Å². The summed E-state index contributed by atoms with van der Waals surface area (Å²) in [5.41, 5.74) is 1.32. The number of aromatic hydroxyl groups is 4. The number of benzene rings is 3. The highest BCUT2D eigenvalue weighted by molar-refractivity contribution is 5.87. The van der Waals surface area contributed by atoms with Crippen molar-refractivity contribution in [1.82, 2.24) is 0 Å². The van der Waals surface area contributed by atoms with Gasteiger partial charge >= 0.3 is 5.97 Å². The second-order valence-electron chi connectivity index (χ2n) is 9.96. The number of rotatable bonds is 7. The van der Waals surface area contributed by atoms with Gasteiger partial charge in [0.2, 0.25) is 0 Å². The standard InChI is InChI=1S/C30H30O12/c31-14-24-26(37)27(38)29(42-25(36)9-6-15-4-2-1-3-5-15)30(41-24)40-23-13-18-20(34)11-17(32)12-22(18)39-28(23)16-7-8-19(33)21(35)10-16/h1-12,23-24,26-35,37-38H,13-14H2. The Morgan fingerprint density at radius 1 is 0.929 bits per heavy atom. The first-order valence-corrected chi connectivity index (χ1v) is 13.1. The molecule has 0 bridgehead atoms. The van der Waals surface area contributed by atoms with E-state index in [1.165, 1.54) is 30.3 Å². The predicted molar refractivity (Wildman–Crippen MR) is 145 cm³/mol. The van der Waals surface area contributed by atoms with Gasteiger partial charge in [0.05, 0.1) is 6.61 Å². The van der Waals surface area contributed by atoms with Crippen molar-refractivity contribution in [2.45, 2.75) is 49.3 Å². The van der Waals surface area contributed by atoms with Crippen molar-refractivity contribution in [3.63, 3.8) is 0 Å². The third kappa shape index (κ3) is 6.12. The highest BCUT2D eigenvalue weighted by Gasteiger charge is 2.49. The van der Waals surface area contributed by atoms with Crippen LogP contribution in [0.1, 0.15) is 22.8 Å². The van der Waals surface area contributed by atoms with Crippen molar-refractivity contribution in [3.8, 4) is 28.7 Å². The molecular formula is C30H30O12. The summed E-state index contributed by atoms with van der Waals surface area (Å²) < 4.78 is 23.4. The van der Waals surface area contributed by atoms with Crippen molar-refractivity contribution >= 4 is 12.0 Å². The first-order chi connectivity index (χ1) is 20.1. The molecule has 0 spiro atoms. The van der Waals surface area contributed by atoms with E-state index in [9.17, 15) is 40.5 Å². The van der Waals surface area contributed by atoms with Crippen LogP contribution in [0.2, 0.25) is 0 Å². The third-order valence-corrected chi connectivity index (χ3v) is 7.09.